The van der Waals surface area contributed by atoms with E-state index in [-0.39, 0.29) is 24.0 Å². The predicted molar refractivity (Wildman–Crippen MR) is 130 cm³/mol. The van der Waals surface area contributed by atoms with E-state index in [1.165, 1.54) is 12.1 Å². The van der Waals surface area contributed by atoms with E-state index in [9.17, 15) is 9.18 Å². The van der Waals surface area contributed by atoms with E-state index in [0.717, 1.165) is 55.4 Å². The summed E-state index contributed by atoms with van der Waals surface area (Å²) in [5.41, 5.74) is 0.564. The van der Waals surface area contributed by atoms with Gasteiger partial charge in [0.2, 0.25) is 5.88 Å². The molecule has 1 aromatic heterocycles. The number of hydrogen-bond donors (Lipinski definition) is 2. The Bertz CT molecular complexity index is 1130. The van der Waals surface area contributed by atoms with Gasteiger partial charge in [-0.1, -0.05) is 18.2 Å². The largest absolute Gasteiger partial charge is 0.474 e. The molecule has 178 valence electrons. The van der Waals surface area contributed by atoms with Crippen LogP contribution in [0.1, 0.15) is 25.7 Å². The number of amides is 2. The second-order valence-electron chi connectivity index (χ2n) is 8.80. The minimum Gasteiger partial charge on any atom is -0.474 e. The van der Waals surface area contributed by atoms with Crippen LogP contribution in [0.15, 0.2) is 54.6 Å². The highest BCUT2D eigenvalue weighted by Crippen LogP contribution is 2.31. The molecule has 2 amide bonds. The summed E-state index contributed by atoms with van der Waals surface area (Å²) < 4.78 is 25.0. The average Bonchev–Trinajstić information content (AvgIpc) is 2.87. The molecule has 0 radical (unpaired) electrons. The number of carbonyl (C=O) groups excluding carboxylic acids is 1. The number of fused-ring (bicyclic) bond motifs is 1. The van der Waals surface area contributed by atoms with Gasteiger partial charge in [-0.15, -0.1) is 0 Å². The number of nitrogens with zero attached hydrogens (tertiary/aromatic N) is 2. The van der Waals surface area contributed by atoms with Gasteiger partial charge in [-0.3, -0.25) is 0 Å². The lowest BCUT2D eigenvalue weighted by molar-refractivity contribution is 0.121. The lowest BCUT2D eigenvalue weighted by atomic mass is 9.93. The number of morpholine rings is 1. The molecule has 5 rings (SSSR count). The lowest BCUT2D eigenvalue weighted by Gasteiger charge is -2.31. The molecule has 0 atom stereocenters. The van der Waals surface area contributed by atoms with Crippen LogP contribution in [0.2, 0.25) is 0 Å². The van der Waals surface area contributed by atoms with Gasteiger partial charge in [0.05, 0.1) is 13.2 Å². The summed E-state index contributed by atoms with van der Waals surface area (Å²) in [6, 6.07) is 15.8. The van der Waals surface area contributed by atoms with Crippen molar-refractivity contribution in [2.24, 2.45) is 0 Å². The Morgan fingerprint density at radius 2 is 1.76 bits per heavy atom. The lowest BCUT2D eigenvalue weighted by Crippen LogP contribution is -2.41. The third kappa shape index (κ3) is 5.39. The van der Waals surface area contributed by atoms with Crippen molar-refractivity contribution in [1.82, 2.24) is 10.3 Å². The molecule has 2 aromatic carbocycles. The van der Waals surface area contributed by atoms with E-state index in [2.05, 4.69) is 27.7 Å². The maximum atomic E-state index is 13.0. The summed E-state index contributed by atoms with van der Waals surface area (Å²) in [4.78, 5) is 19.4. The molecule has 2 fully saturated rings. The minimum absolute atomic E-state index is 0.0501. The molecule has 1 saturated carbocycles. The van der Waals surface area contributed by atoms with Crippen molar-refractivity contribution in [3.63, 3.8) is 0 Å². The molecule has 34 heavy (non-hydrogen) atoms. The molecule has 1 aliphatic heterocycles. The standard InChI is InChI=1S/C26H29FN4O3/c27-19-5-7-20(8-6-19)28-26(32)29-21-9-11-22(12-10-21)34-25-23-4-2-1-3-18(23)17-24(30-25)31-13-15-33-16-14-31/h1-8,17,21-22H,9-16H2,(H2,28,29,32). The van der Waals surface area contributed by atoms with Crippen LogP contribution in [0.4, 0.5) is 20.7 Å². The zero-order valence-electron chi connectivity index (χ0n) is 19.0. The molecule has 2 heterocycles. The molecule has 8 heteroatoms. The highest BCUT2D eigenvalue weighted by atomic mass is 19.1. The topological polar surface area (TPSA) is 75.7 Å². The Balaban J connectivity index is 1.20. The summed E-state index contributed by atoms with van der Waals surface area (Å²) in [5.74, 6) is 1.26. The summed E-state index contributed by atoms with van der Waals surface area (Å²) in [7, 11) is 0. The third-order valence-electron chi connectivity index (χ3n) is 6.42. The van der Waals surface area contributed by atoms with Crippen LogP contribution >= 0.6 is 0 Å². The Morgan fingerprint density at radius 1 is 1.03 bits per heavy atom. The molecule has 2 N–H and O–H groups in total. The zero-order chi connectivity index (χ0) is 23.3. The molecule has 0 spiro atoms. The molecular formula is C26H29FN4O3. The number of carbonyl (C=O) groups is 1. The first kappa shape index (κ1) is 22.4. The van der Waals surface area contributed by atoms with Gasteiger partial charge in [-0.25, -0.2) is 9.18 Å². The summed E-state index contributed by atoms with van der Waals surface area (Å²) in [6.45, 7) is 3.05. The van der Waals surface area contributed by atoms with Gasteiger partial charge in [0, 0.05) is 30.2 Å². The normalized spacial score (nSPS) is 20.7. The number of aromatic nitrogens is 1. The second kappa shape index (κ2) is 10.3. The van der Waals surface area contributed by atoms with E-state index in [4.69, 9.17) is 14.5 Å². The van der Waals surface area contributed by atoms with Crippen molar-refractivity contribution < 1.29 is 18.7 Å². The van der Waals surface area contributed by atoms with Crippen molar-refractivity contribution in [2.45, 2.75) is 37.8 Å². The molecular weight excluding hydrogens is 435 g/mol. The molecule has 0 bridgehead atoms. The minimum atomic E-state index is -0.331. The first-order chi connectivity index (χ1) is 16.6. The Kier molecular flexibility index (Phi) is 6.76. The number of urea groups is 1. The third-order valence-corrected chi connectivity index (χ3v) is 6.42. The predicted octanol–water partition coefficient (Wildman–Crippen LogP) is 4.72. The fourth-order valence-corrected chi connectivity index (χ4v) is 4.57. The molecule has 1 saturated heterocycles. The summed E-state index contributed by atoms with van der Waals surface area (Å²) in [6.07, 6.45) is 3.36. The number of benzene rings is 2. The number of hydrogen-bond acceptors (Lipinski definition) is 5. The number of anilines is 2. The fraction of sp³-hybridized carbons (Fsp3) is 0.385. The van der Waals surface area contributed by atoms with Crippen molar-refractivity contribution >= 4 is 28.3 Å². The summed E-state index contributed by atoms with van der Waals surface area (Å²) >= 11 is 0. The second-order valence-corrected chi connectivity index (χ2v) is 8.80. The molecule has 2 aliphatic rings. The highest BCUT2D eigenvalue weighted by Gasteiger charge is 2.25. The highest BCUT2D eigenvalue weighted by molar-refractivity contribution is 5.90. The van der Waals surface area contributed by atoms with Gasteiger partial charge in [-0.05, 0) is 67.5 Å². The van der Waals surface area contributed by atoms with Crippen LogP contribution in [0, 0.1) is 5.82 Å². The van der Waals surface area contributed by atoms with E-state index < -0.39 is 0 Å². The number of nitrogens with one attached hydrogen (secondary N) is 2. The molecule has 0 unspecified atom stereocenters. The SMILES string of the molecule is O=C(Nc1ccc(F)cc1)NC1CCC(Oc2nc(N3CCOCC3)cc3ccccc23)CC1. The van der Waals surface area contributed by atoms with Crippen molar-refractivity contribution in [3.8, 4) is 5.88 Å². The quantitative estimate of drug-likeness (QED) is 0.571. The van der Waals surface area contributed by atoms with E-state index in [1.807, 2.05) is 18.2 Å². The average molecular weight is 465 g/mol. The first-order valence-corrected chi connectivity index (χ1v) is 11.9. The monoisotopic (exact) mass is 464 g/mol. The Morgan fingerprint density at radius 3 is 2.53 bits per heavy atom. The molecule has 7 nitrogen and oxygen atoms in total. The number of ether oxygens (including phenoxy) is 2. The van der Waals surface area contributed by atoms with Crippen LogP contribution in [-0.4, -0.2) is 49.5 Å². The maximum absolute atomic E-state index is 13.0. The van der Waals surface area contributed by atoms with Crippen LogP contribution in [0.5, 0.6) is 5.88 Å². The maximum Gasteiger partial charge on any atom is 0.319 e. The smallest absolute Gasteiger partial charge is 0.319 e. The van der Waals surface area contributed by atoms with Crippen LogP contribution in [0.3, 0.4) is 0 Å². The van der Waals surface area contributed by atoms with Gasteiger partial charge in [-0.2, -0.15) is 4.98 Å². The number of pyridine rings is 1. The van der Waals surface area contributed by atoms with E-state index in [0.29, 0.717) is 24.8 Å². The van der Waals surface area contributed by atoms with Gasteiger partial charge in [0.1, 0.15) is 17.7 Å². The van der Waals surface area contributed by atoms with Gasteiger partial charge >= 0.3 is 6.03 Å². The zero-order valence-corrected chi connectivity index (χ0v) is 19.0. The van der Waals surface area contributed by atoms with Gasteiger partial charge < -0.3 is 25.0 Å². The van der Waals surface area contributed by atoms with E-state index in [1.54, 1.807) is 12.1 Å². The summed E-state index contributed by atoms with van der Waals surface area (Å²) in [5, 5.41) is 7.89. The molecule has 3 aromatic rings. The number of halogens is 1. The molecule has 1 aliphatic carbocycles. The fourth-order valence-electron chi connectivity index (χ4n) is 4.57. The van der Waals surface area contributed by atoms with Gasteiger partial charge in [0.15, 0.2) is 0 Å². The van der Waals surface area contributed by atoms with Crippen LogP contribution < -0.4 is 20.3 Å². The van der Waals surface area contributed by atoms with Crippen molar-refractivity contribution in [1.29, 1.82) is 0 Å². The Hall–Kier alpha value is -3.39. The Labute approximate surface area is 198 Å². The first-order valence-electron chi connectivity index (χ1n) is 11.9. The van der Waals surface area contributed by atoms with Crippen LogP contribution in [-0.2, 0) is 4.74 Å². The van der Waals surface area contributed by atoms with Crippen molar-refractivity contribution in [3.05, 3.63) is 60.4 Å². The van der Waals surface area contributed by atoms with Crippen LogP contribution in [0.25, 0.3) is 10.8 Å². The van der Waals surface area contributed by atoms with Crippen molar-refractivity contribution in [2.75, 3.05) is 36.5 Å². The number of rotatable bonds is 5. The van der Waals surface area contributed by atoms with Gasteiger partial charge in [0.25, 0.3) is 0 Å². The van der Waals surface area contributed by atoms with E-state index >= 15 is 0 Å².